The number of rotatable bonds is 6. The summed E-state index contributed by atoms with van der Waals surface area (Å²) in [7, 11) is 0. The standard InChI is InChI=1S/C18H14ClFN2O3/c19-13-5-7-15(17(9-13)22(23)24)18-8-6-14(25-18)11-21-10-12-3-1-2-4-16(12)20/h1-9,21H,10-11H2. The zero-order valence-electron chi connectivity index (χ0n) is 13.0. The van der Waals surface area contributed by atoms with Gasteiger partial charge < -0.3 is 9.73 Å². The van der Waals surface area contributed by atoms with Gasteiger partial charge in [0.15, 0.2) is 0 Å². The lowest BCUT2D eigenvalue weighted by molar-refractivity contribution is -0.384. The number of nitrogens with zero attached hydrogens (tertiary/aromatic N) is 1. The third-order valence-corrected chi connectivity index (χ3v) is 3.89. The first kappa shape index (κ1) is 17.1. The van der Waals surface area contributed by atoms with Crippen molar-refractivity contribution in [3.05, 3.63) is 86.9 Å². The van der Waals surface area contributed by atoms with E-state index >= 15 is 0 Å². The van der Waals surface area contributed by atoms with E-state index in [0.29, 0.717) is 35.7 Å². The fraction of sp³-hybridized carbons (Fsp3) is 0.111. The number of hydrogen-bond acceptors (Lipinski definition) is 4. The minimum absolute atomic E-state index is 0.118. The van der Waals surface area contributed by atoms with E-state index in [0.717, 1.165) is 0 Å². The van der Waals surface area contributed by atoms with Crippen molar-refractivity contribution < 1.29 is 13.7 Å². The Morgan fingerprint density at radius 3 is 2.68 bits per heavy atom. The van der Waals surface area contributed by atoms with E-state index in [-0.39, 0.29) is 16.5 Å². The maximum Gasteiger partial charge on any atom is 0.281 e. The van der Waals surface area contributed by atoms with Crippen LogP contribution in [0.25, 0.3) is 11.3 Å². The van der Waals surface area contributed by atoms with Crippen LogP contribution in [0.15, 0.2) is 59.0 Å². The molecule has 0 unspecified atom stereocenters. The highest BCUT2D eigenvalue weighted by molar-refractivity contribution is 6.30. The number of nitrogens with one attached hydrogen (secondary N) is 1. The van der Waals surface area contributed by atoms with Gasteiger partial charge in [-0.2, -0.15) is 0 Å². The largest absolute Gasteiger partial charge is 0.459 e. The van der Waals surface area contributed by atoms with Crippen molar-refractivity contribution in [1.82, 2.24) is 5.32 Å². The van der Waals surface area contributed by atoms with E-state index in [1.807, 2.05) is 0 Å². The monoisotopic (exact) mass is 360 g/mol. The van der Waals surface area contributed by atoms with Gasteiger partial charge in [-0.25, -0.2) is 4.39 Å². The Bertz CT molecular complexity index is 911. The Hall–Kier alpha value is -2.70. The van der Waals surface area contributed by atoms with Gasteiger partial charge in [-0.3, -0.25) is 10.1 Å². The zero-order chi connectivity index (χ0) is 17.8. The van der Waals surface area contributed by atoms with Crippen LogP contribution in [0.1, 0.15) is 11.3 Å². The van der Waals surface area contributed by atoms with Crippen LogP contribution in [-0.4, -0.2) is 4.92 Å². The Morgan fingerprint density at radius 1 is 1.12 bits per heavy atom. The molecule has 128 valence electrons. The minimum atomic E-state index is -0.500. The fourth-order valence-corrected chi connectivity index (χ4v) is 2.61. The van der Waals surface area contributed by atoms with Crippen molar-refractivity contribution in [3.63, 3.8) is 0 Å². The molecule has 1 heterocycles. The molecule has 0 radical (unpaired) electrons. The molecule has 0 aliphatic carbocycles. The maximum atomic E-state index is 13.6. The van der Waals surface area contributed by atoms with E-state index in [1.165, 1.54) is 12.1 Å². The van der Waals surface area contributed by atoms with Crippen molar-refractivity contribution in [2.75, 3.05) is 0 Å². The van der Waals surface area contributed by atoms with Crippen LogP contribution < -0.4 is 5.32 Å². The summed E-state index contributed by atoms with van der Waals surface area (Å²) < 4.78 is 19.2. The quantitative estimate of drug-likeness (QED) is 0.499. The summed E-state index contributed by atoms with van der Waals surface area (Å²) in [6.45, 7) is 0.722. The average Bonchev–Trinajstić information content (AvgIpc) is 3.05. The second-order valence-corrected chi connectivity index (χ2v) is 5.82. The Labute approximate surface area is 148 Å². The van der Waals surface area contributed by atoms with Gasteiger partial charge in [-0.15, -0.1) is 0 Å². The summed E-state index contributed by atoms with van der Waals surface area (Å²) in [4.78, 5) is 10.7. The molecule has 0 amide bonds. The molecule has 0 fully saturated rings. The minimum Gasteiger partial charge on any atom is -0.459 e. The summed E-state index contributed by atoms with van der Waals surface area (Å²) in [6, 6.07) is 14.3. The Kier molecular flexibility index (Phi) is 5.11. The van der Waals surface area contributed by atoms with Crippen molar-refractivity contribution >= 4 is 17.3 Å². The maximum absolute atomic E-state index is 13.6. The summed E-state index contributed by atoms with van der Waals surface area (Å²) in [5.74, 6) is 0.702. The molecule has 0 atom stereocenters. The van der Waals surface area contributed by atoms with E-state index in [1.54, 1.807) is 42.5 Å². The second-order valence-electron chi connectivity index (χ2n) is 5.38. The van der Waals surface area contributed by atoms with Gasteiger partial charge in [0.25, 0.3) is 5.69 Å². The normalized spacial score (nSPS) is 10.8. The molecule has 25 heavy (non-hydrogen) atoms. The van der Waals surface area contributed by atoms with E-state index < -0.39 is 4.92 Å². The highest BCUT2D eigenvalue weighted by Gasteiger charge is 2.18. The van der Waals surface area contributed by atoms with Gasteiger partial charge in [0, 0.05) is 23.2 Å². The lowest BCUT2D eigenvalue weighted by Crippen LogP contribution is -2.13. The summed E-state index contributed by atoms with van der Waals surface area (Å²) in [6.07, 6.45) is 0. The molecule has 1 N–H and O–H groups in total. The lowest BCUT2D eigenvalue weighted by Gasteiger charge is -2.04. The SMILES string of the molecule is O=[N+]([O-])c1cc(Cl)ccc1-c1ccc(CNCc2ccccc2F)o1. The Balaban J connectivity index is 1.71. The number of furan rings is 1. The number of nitro groups is 1. The smallest absolute Gasteiger partial charge is 0.281 e. The summed E-state index contributed by atoms with van der Waals surface area (Å²) >= 11 is 5.82. The average molecular weight is 361 g/mol. The van der Waals surface area contributed by atoms with Gasteiger partial charge >= 0.3 is 0 Å². The zero-order valence-corrected chi connectivity index (χ0v) is 13.8. The van der Waals surface area contributed by atoms with Crippen LogP contribution in [0.4, 0.5) is 10.1 Å². The van der Waals surface area contributed by atoms with Gasteiger partial charge in [-0.05, 0) is 30.3 Å². The second kappa shape index (κ2) is 7.46. The first-order valence-electron chi connectivity index (χ1n) is 7.52. The van der Waals surface area contributed by atoms with Gasteiger partial charge in [0.2, 0.25) is 0 Å². The molecular weight excluding hydrogens is 347 g/mol. The van der Waals surface area contributed by atoms with Crippen LogP contribution in [0, 0.1) is 15.9 Å². The molecule has 3 aromatic rings. The molecule has 7 heteroatoms. The van der Waals surface area contributed by atoms with Gasteiger partial charge in [0.05, 0.1) is 17.0 Å². The van der Waals surface area contributed by atoms with Crippen LogP contribution in [0.5, 0.6) is 0 Å². The van der Waals surface area contributed by atoms with E-state index in [4.69, 9.17) is 16.0 Å². The molecule has 0 aliphatic heterocycles. The van der Waals surface area contributed by atoms with Gasteiger partial charge in [-0.1, -0.05) is 29.8 Å². The summed E-state index contributed by atoms with van der Waals surface area (Å²) in [5, 5.41) is 14.5. The highest BCUT2D eigenvalue weighted by Crippen LogP contribution is 2.33. The highest BCUT2D eigenvalue weighted by atomic mass is 35.5. The molecule has 0 saturated heterocycles. The third kappa shape index (κ3) is 4.04. The number of halogens is 2. The molecule has 3 rings (SSSR count). The predicted molar refractivity (Wildman–Crippen MR) is 92.8 cm³/mol. The molecule has 1 aromatic heterocycles. The van der Waals surface area contributed by atoms with Crippen LogP contribution in [0.3, 0.4) is 0 Å². The van der Waals surface area contributed by atoms with Crippen molar-refractivity contribution in [3.8, 4) is 11.3 Å². The molecule has 0 spiro atoms. The topological polar surface area (TPSA) is 68.3 Å². The van der Waals surface area contributed by atoms with Crippen molar-refractivity contribution in [1.29, 1.82) is 0 Å². The molecule has 0 bridgehead atoms. The molecule has 0 aliphatic rings. The first-order valence-corrected chi connectivity index (χ1v) is 7.89. The number of hydrogen-bond donors (Lipinski definition) is 1. The molecular formula is C18H14ClFN2O3. The van der Waals surface area contributed by atoms with Crippen LogP contribution in [0.2, 0.25) is 5.02 Å². The van der Waals surface area contributed by atoms with Gasteiger partial charge in [0.1, 0.15) is 17.3 Å². The molecule has 2 aromatic carbocycles. The molecule has 5 nitrogen and oxygen atoms in total. The van der Waals surface area contributed by atoms with E-state index in [9.17, 15) is 14.5 Å². The first-order chi connectivity index (χ1) is 12.0. The number of nitro benzene ring substituents is 1. The van der Waals surface area contributed by atoms with Crippen LogP contribution >= 0.6 is 11.6 Å². The predicted octanol–water partition coefficient (Wildman–Crippen LogP) is 4.94. The van der Waals surface area contributed by atoms with Crippen molar-refractivity contribution in [2.24, 2.45) is 0 Å². The third-order valence-electron chi connectivity index (χ3n) is 3.66. The Morgan fingerprint density at radius 2 is 1.92 bits per heavy atom. The fourth-order valence-electron chi connectivity index (χ4n) is 2.44. The lowest BCUT2D eigenvalue weighted by atomic mass is 10.1. The van der Waals surface area contributed by atoms with E-state index in [2.05, 4.69) is 5.32 Å². The summed E-state index contributed by atoms with van der Waals surface area (Å²) in [5.41, 5.74) is 0.796. The number of benzene rings is 2. The van der Waals surface area contributed by atoms with Crippen LogP contribution in [-0.2, 0) is 13.1 Å². The van der Waals surface area contributed by atoms with Crippen molar-refractivity contribution in [2.45, 2.75) is 13.1 Å². The molecule has 0 saturated carbocycles.